The smallest absolute Gasteiger partial charge is 0.254 e. The summed E-state index contributed by atoms with van der Waals surface area (Å²) in [4.78, 5) is 24.0. The first-order chi connectivity index (χ1) is 7.70. The van der Waals surface area contributed by atoms with E-state index in [1.165, 1.54) is 0 Å². The van der Waals surface area contributed by atoms with Crippen molar-refractivity contribution in [2.24, 2.45) is 0 Å². The van der Waals surface area contributed by atoms with Crippen molar-refractivity contribution in [3.8, 4) is 0 Å². The number of aldehydes is 1. The topological polar surface area (TPSA) is 37.4 Å². The van der Waals surface area contributed by atoms with Gasteiger partial charge in [-0.25, -0.2) is 0 Å². The summed E-state index contributed by atoms with van der Waals surface area (Å²) in [6.07, 6.45) is 0.705. The average Bonchev–Trinajstić information content (AvgIpc) is 2.39. The first kappa shape index (κ1) is 14.4. The Morgan fingerprint density at radius 1 is 1.31 bits per heavy atom. The van der Waals surface area contributed by atoms with E-state index in [4.69, 9.17) is 0 Å². The minimum absolute atomic E-state index is 0.116. The fourth-order valence-corrected chi connectivity index (χ4v) is 1.14. The molecule has 0 unspecified atom stereocenters. The highest BCUT2D eigenvalue weighted by atomic mass is 16.2. The van der Waals surface area contributed by atoms with Crippen molar-refractivity contribution in [1.82, 2.24) is 4.90 Å². The highest BCUT2D eigenvalue weighted by Crippen LogP contribution is 2.08. The predicted molar refractivity (Wildman–Crippen MR) is 65.8 cm³/mol. The van der Waals surface area contributed by atoms with Gasteiger partial charge < -0.3 is 4.90 Å². The average molecular weight is 221 g/mol. The van der Waals surface area contributed by atoms with Gasteiger partial charge in [-0.05, 0) is 13.0 Å². The predicted octanol–water partition coefficient (Wildman–Crippen LogP) is 2.62. The van der Waals surface area contributed by atoms with Crippen LogP contribution in [0.15, 0.2) is 24.3 Å². The van der Waals surface area contributed by atoms with Crippen molar-refractivity contribution in [1.29, 1.82) is 0 Å². The third-order valence-corrected chi connectivity index (χ3v) is 2.14. The largest absolute Gasteiger partial charge is 0.342 e. The monoisotopic (exact) mass is 221 g/mol. The van der Waals surface area contributed by atoms with Crippen LogP contribution in [0.2, 0.25) is 0 Å². The lowest BCUT2D eigenvalue weighted by Crippen LogP contribution is -2.27. The molecule has 0 N–H and O–H groups in total. The van der Waals surface area contributed by atoms with E-state index in [-0.39, 0.29) is 5.91 Å². The Kier molecular flexibility index (Phi) is 6.84. The highest BCUT2D eigenvalue weighted by Gasteiger charge is 2.12. The SMILES string of the molecule is CC.CCN(C)C(=O)c1ccccc1C=O. The lowest BCUT2D eigenvalue weighted by molar-refractivity contribution is 0.0799. The van der Waals surface area contributed by atoms with Gasteiger partial charge in [-0.1, -0.05) is 32.0 Å². The molecule has 0 heterocycles. The Hall–Kier alpha value is -1.64. The molecular formula is C13H19NO2. The van der Waals surface area contributed by atoms with Crippen LogP contribution in [0.4, 0.5) is 0 Å². The summed E-state index contributed by atoms with van der Waals surface area (Å²) < 4.78 is 0. The van der Waals surface area contributed by atoms with Gasteiger partial charge in [0.05, 0.1) is 5.56 Å². The lowest BCUT2D eigenvalue weighted by atomic mass is 10.1. The molecule has 0 aliphatic carbocycles. The molecule has 0 aliphatic rings. The molecule has 0 bridgehead atoms. The number of amides is 1. The molecule has 1 aromatic carbocycles. The van der Waals surface area contributed by atoms with Crippen LogP contribution in [0.1, 0.15) is 41.5 Å². The molecule has 88 valence electrons. The summed E-state index contributed by atoms with van der Waals surface area (Å²) in [5, 5.41) is 0. The zero-order chi connectivity index (χ0) is 12.6. The number of carbonyl (C=O) groups is 2. The second-order valence-corrected chi connectivity index (χ2v) is 3.02. The molecule has 3 nitrogen and oxygen atoms in total. The number of hydrogen-bond acceptors (Lipinski definition) is 2. The molecule has 0 spiro atoms. The van der Waals surface area contributed by atoms with E-state index in [2.05, 4.69) is 0 Å². The molecule has 0 radical (unpaired) electrons. The maximum absolute atomic E-state index is 11.7. The van der Waals surface area contributed by atoms with Gasteiger partial charge in [-0.3, -0.25) is 9.59 Å². The van der Waals surface area contributed by atoms with Crippen molar-refractivity contribution in [3.05, 3.63) is 35.4 Å². The number of nitrogens with zero attached hydrogens (tertiary/aromatic N) is 1. The molecule has 0 atom stereocenters. The second-order valence-electron chi connectivity index (χ2n) is 3.02. The molecule has 0 saturated carbocycles. The molecule has 1 aromatic rings. The normalized spacial score (nSPS) is 8.75. The van der Waals surface area contributed by atoms with Crippen molar-refractivity contribution in [3.63, 3.8) is 0 Å². The van der Waals surface area contributed by atoms with Gasteiger partial charge in [0.1, 0.15) is 0 Å². The van der Waals surface area contributed by atoms with Gasteiger partial charge in [0.15, 0.2) is 6.29 Å². The van der Waals surface area contributed by atoms with Crippen LogP contribution >= 0.6 is 0 Å². The summed E-state index contributed by atoms with van der Waals surface area (Å²) in [5.41, 5.74) is 0.907. The molecule has 16 heavy (non-hydrogen) atoms. The third kappa shape index (κ3) is 3.50. The van der Waals surface area contributed by atoms with Crippen LogP contribution in [-0.2, 0) is 0 Å². The fraction of sp³-hybridized carbons (Fsp3) is 0.385. The van der Waals surface area contributed by atoms with Crippen LogP contribution in [0.3, 0.4) is 0 Å². The van der Waals surface area contributed by atoms with Gasteiger partial charge >= 0.3 is 0 Å². The van der Waals surface area contributed by atoms with Crippen LogP contribution in [0.5, 0.6) is 0 Å². The van der Waals surface area contributed by atoms with Crippen molar-refractivity contribution < 1.29 is 9.59 Å². The Morgan fingerprint density at radius 3 is 2.38 bits per heavy atom. The number of rotatable bonds is 3. The van der Waals surface area contributed by atoms with Crippen LogP contribution in [0, 0.1) is 0 Å². The Morgan fingerprint density at radius 2 is 1.88 bits per heavy atom. The van der Waals surface area contributed by atoms with Crippen molar-refractivity contribution in [2.45, 2.75) is 20.8 Å². The quantitative estimate of drug-likeness (QED) is 0.736. The number of hydrogen-bond donors (Lipinski definition) is 0. The first-order valence-corrected chi connectivity index (χ1v) is 5.50. The second kappa shape index (κ2) is 7.63. The van der Waals surface area contributed by atoms with Gasteiger partial charge in [0, 0.05) is 19.2 Å². The fourth-order valence-electron chi connectivity index (χ4n) is 1.14. The Balaban J connectivity index is 0.00000106. The summed E-state index contributed by atoms with van der Waals surface area (Å²) >= 11 is 0. The molecule has 0 saturated heterocycles. The van der Waals surface area contributed by atoms with Crippen molar-refractivity contribution in [2.75, 3.05) is 13.6 Å². The van der Waals surface area contributed by atoms with E-state index in [9.17, 15) is 9.59 Å². The summed E-state index contributed by atoms with van der Waals surface area (Å²) in [5.74, 6) is -0.116. The van der Waals surface area contributed by atoms with E-state index < -0.39 is 0 Å². The summed E-state index contributed by atoms with van der Waals surface area (Å²) in [6, 6.07) is 6.80. The molecule has 0 fully saturated rings. The van der Waals surface area contributed by atoms with E-state index in [0.717, 1.165) is 0 Å². The van der Waals surface area contributed by atoms with E-state index in [0.29, 0.717) is 24.0 Å². The van der Waals surface area contributed by atoms with Crippen LogP contribution in [-0.4, -0.2) is 30.7 Å². The van der Waals surface area contributed by atoms with E-state index in [1.807, 2.05) is 20.8 Å². The van der Waals surface area contributed by atoms with E-state index in [1.54, 1.807) is 36.2 Å². The molecule has 3 heteroatoms. The first-order valence-electron chi connectivity index (χ1n) is 5.50. The van der Waals surface area contributed by atoms with Gasteiger partial charge in [-0.2, -0.15) is 0 Å². The standard InChI is InChI=1S/C11H13NO2.C2H6/c1-3-12(2)11(14)10-7-5-4-6-9(10)8-13;1-2/h4-8H,3H2,1-2H3;1-2H3. The summed E-state index contributed by atoms with van der Waals surface area (Å²) in [6.45, 7) is 6.52. The minimum Gasteiger partial charge on any atom is -0.342 e. The zero-order valence-electron chi connectivity index (χ0n) is 10.4. The number of carbonyl (C=O) groups excluding carboxylic acids is 2. The van der Waals surface area contributed by atoms with Crippen molar-refractivity contribution >= 4 is 12.2 Å². The van der Waals surface area contributed by atoms with Gasteiger partial charge in [0.25, 0.3) is 5.91 Å². The van der Waals surface area contributed by atoms with E-state index >= 15 is 0 Å². The maximum Gasteiger partial charge on any atom is 0.254 e. The Labute approximate surface area is 97.1 Å². The molecule has 1 amide bonds. The van der Waals surface area contributed by atoms with Gasteiger partial charge in [-0.15, -0.1) is 0 Å². The Bertz CT molecular complexity index is 348. The number of benzene rings is 1. The molecule has 0 aliphatic heterocycles. The lowest BCUT2D eigenvalue weighted by Gasteiger charge is -2.15. The molecular weight excluding hydrogens is 202 g/mol. The van der Waals surface area contributed by atoms with Gasteiger partial charge in [0.2, 0.25) is 0 Å². The summed E-state index contributed by atoms with van der Waals surface area (Å²) in [7, 11) is 1.71. The zero-order valence-corrected chi connectivity index (χ0v) is 10.4. The molecule has 1 rings (SSSR count). The maximum atomic E-state index is 11.7. The van der Waals surface area contributed by atoms with Crippen LogP contribution < -0.4 is 0 Å². The third-order valence-electron chi connectivity index (χ3n) is 2.14. The molecule has 0 aromatic heterocycles. The minimum atomic E-state index is -0.116. The van der Waals surface area contributed by atoms with Crippen LogP contribution in [0.25, 0.3) is 0 Å². The highest BCUT2D eigenvalue weighted by molar-refractivity contribution is 6.01.